The molecule has 0 fully saturated rings. The third-order valence-electron chi connectivity index (χ3n) is 2.26. The number of hydrogen-bond donors (Lipinski definition) is 0. The Bertz CT molecular complexity index is 363. The van der Waals surface area contributed by atoms with Gasteiger partial charge in [0.2, 0.25) is 0 Å². The van der Waals surface area contributed by atoms with Crippen molar-refractivity contribution in [2.24, 2.45) is 0 Å². The summed E-state index contributed by atoms with van der Waals surface area (Å²) in [5.74, 6) is 2.31. The molecule has 0 saturated carbocycles. The monoisotopic (exact) mass is 258 g/mol. The van der Waals surface area contributed by atoms with Crippen LogP contribution in [0.2, 0.25) is 0 Å². The van der Waals surface area contributed by atoms with E-state index in [1.54, 1.807) is 14.2 Å². The Balaban J connectivity index is 2.60. The second-order valence-electron chi connectivity index (χ2n) is 3.01. The summed E-state index contributed by atoms with van der Waals surface area (Å²) in [5.41, 5.74) is 1.16. The lowest BCUT2D eigenvalue weighted by atomic mass is 10.1. The summed E-state index contributed by atoms with van der Waals surface area (Å²) in [6.07, 6.45) is 0.925. The quantitative estimate of drug-likeness (QED) is 0.816. The summed E-state index contributed by atoms with van der Waals surface area (Å²) in [6.45, 7) is 0.726. The van der Waals surface area contributed by atoms with Crippen LogP contribution in [0.3, 0.4) is 0 Å². The van der Waals surface area contributed by atoms with Gasteiger partial charge in [-0.3, -0.25) is 0 Å². The summed E-state index contributed by atoms with van der Waals surface area (Å²) in [5, 5.41) is 0. The first kappa shape index (κ1) is 9.65. The summed E-state index contributed by atoms with van der Waals surface area (Å²) >= 11 is 3.45. The van der Waals surface area contributed by atoms with Gasteiger partial charge in [-0.2, -0.15) is 0 Å². The van der Waals surface area contributed by atoms with Crippen molar-refractivity contribution in [2.75, 3.05) is 20.8 Å². The molecule has 3 nitrogen and oxygen atoms in total. The normalized spacial score (nSPS) is 13.4. The Labute approximate surface area is 91.1 Å². The Kier molecular flexibility index (Phi) is 2.54. The number of ether oxygens (including phenoxy) is 3. The fourth-order valence-corrected chi connectivity index (χ4v) is 2.31. The van der Waals surface area contributed by atoms with Gasteiger partial charge in [-0.05, 0) is 22.0 Å². The first-order chi connectivity index (χ1) is 6.77. The number of rotatable bonds is 2. The van der Waals surface area contributed by atoms with Gasteiger partial charge in [0.1, 0.15) is 10.2 Å². The van der Waals surface area contributed by atoms with Crippen molar-refractivity contribution in [3.05, 3.63) is 16.1 Å². The van der Waals surface area contributed by atoms with Crippen LogP contribution in [0.15, 0.2) is 10.5 Å². The number of benzene rings is 1. The molecule has 0 saturated heterocycles. The van der Waals surface area contributed by atoms with Gasteiger partial charge in [0.25, 0.3) is 0 Å². The molecule has 76 valence electrons. The fraction of sp³-hybridized carbons (Fsp3) is 0.400. The number of methoxy groups -OCH3 is 2. The summed E-state index contributed by atoms with van der Waals surface area (Å²) in [7, 11) is 3.25. The van der Waals surface area contributed by atoms with Crippen molar-refractivity contribution in [1.82, 2.24) is 0 Å². The van der Waals surface area contributed by atoms with E-state index < -0.39 is 0 Å². The van der Waals surface area contributed by atoms with Gasteiger partial charge < -0.3 is 14.2 Å². The Morgan fingerprint density at radius 1 is 1.36 bits per heavy atom. The lowest BCUT2D eigenvalue weighted by Crippen LogP contribution is -1.93. The van der Waals surface area contributed by atoms with E-state index >= 15 is 0 Å². The molecule has 4 heteroatoms. The summed E-state index contributed by atoms with van der Waals surface area (Å²) in [4.78, 5) is 0. The molecule has 0 atom stereocenters. The summed E-state index contributed by atoms with van der Waals surface area (Å²) in [6, 6.07) is 1.96. The average Bonchev–Trinajstić information content (AvgIpc) is 2.65. The summed E-state index contributed by atoms with van der Waals surface area (Å²) < 4.78 is 16.8. The molecular weight excluding hydrogens is 248 g/mol. The second-order valence-corrected chi connectivity index (χ2v) is 3.81. The maximum absolute atomic E-state index is 5.49. The molecule has 0 aromatic heterocycles. The Morgan fingerprint density at radius 3 is 2.79 bits per heavy atom. The van der Waals surface area contributed by atoms with E-state index in [0.717, 1.165) is 34.6 Å². The highest BCUT2D eigenvalue weighted by atomic mass is 79.9. The minimum absolute atomic E-state index is 0.688. The Hall–Kier alpha value is -0.900. The molecule has 0 aliphatic carbocycles. The molecular formula is C10H11BrO3. The van der Waals surface area contributed by atoms with Crippen molar-refractivity contribution >= 4 is 15.9 Å². The van der Waals surface area contributed by atoms with Gasteiger partial charge in [0.15, 0.2) is 11.5 Å². The van der Waals surface area contributed by atoms with Gasteiger partial charge in [-0.15, -0.1) is 0 Å². The van der Waals surface area contributed by atoms with Crippen molar-refractivity contribution in [3.8, 4) is 17.2 Å². The number of halogens is 1. The first-order valence-electron chi connectivity index (χ1n) is 4.34. The lowest BCUT2D eigenvalue weighted by Gasteiger charge is -2.12. The molecule has 1 heterocycles. The van der Waals surface area contributed by atoms with Crippen LogP contribution in [-0.4, -0.2) is 20.8 Å². The van der Waals surface area contributed by atoms with Crippen LogP contribution in [0.25, 0.3) is 0 Å². The van der Waals surface area contributed by atoms with E-state index in [2.05, 4.69) is 15.9 Å². The molecule has 1 aromatic rings. The number of hydrogen-bond acceptors (Lipinski definition) is 3. The topological polar surface area (TPSA) is 27.7 Å². The van der Waals surface area contributed by atoms with E-state index in [4.69, 9.17) is 14.2 Å². The van der Waals surface area contributed by atoms with Gasteiger partial charge in [-0.25, -0.2) is 0 Å². The smallest absolute Gasteiger partial charge is 0.178 e. The second kappa shape index (κ2) is 3.69. The van der Waals surface area contributed by atoms with E-state index in [0.29, 0.717) is 5.75 Å². The third kappa shape index (κ3) is 1.34. The maximum Gasteiger partial charge on any atom is 0.178 e. The molecule has 0 unspecified atom stereocenters. The van der Waals surface area contributed by atoms with Crippen molar-refractivity contribution < 1.29 is 14.2 Å². The van der Waals surface area contributed by atoms with Crippen molar-refractivity contribution in [3.63, 3.8) is 0 Å². The molecule has 14 heavy (non-hydrogen) atoms. The zero-order valence-corrected chi connectivity index (χ0v) is 9.68. The van der Waals surface area contributed by atoms with E-state index in [9.17, 15) is 0 Å². The van der Waals surface area contributed by atoms with Crippen LogP contribution in [0.5, 0.6) is 17.2 Å². The van der Waals surface area contributed by atoms with Gasteiger partial charge in [0, 0.05) is 12.0 Å². The zero-order valence-electron chi connectivity index (χ0n) is 8.09. The molecule has 0 amide bonds. The van der Waals surface area contributed by atoms with Crippen molar-refractivity contribution in [2.45, 2.75) is 6.42 Å². The van der Waals surface area contributed by atoms with E-state index in [-0.39, 0.29) is 0 Å². The van der Waals surface area contributed by atoms with Crippen LogP contribution in [0.4, 0.5) is 0 Å². The predicted molar refractivity (Wildman–Crippen MR) is 56.4 cm³/mol. The molecule has 0 spiro atoms. The highest BCUT2D eigenvalue weighted by Gasteiger charge is 2.22. The van der Waals surface area contributed by atoms with Crippen molar-refractivity contribution in [1.29, 1.82) is 0 Å². The predicted octanol–water partition coefficient (Wildman–Crippen LogP) is 2.40. The maximum atomic E-state index is 5.49. The highest BCUT2D eigenvalue weighted by molar-refractivity contribution is 9.10. The minimum Gasteiger partial charge on any atom is -0.493 e. The Morgan fingerprint density at radius 2 is 2.14 bits per heavy atom. The van der Waals surface area contributed by atoms with Crippen LogP contribution in [-0.2, 0) is 6.42 Å². The van der Waals surface area contributed by atoms with Crippen LogP contribution in [0.1, 0.15) is 5.56 Å². The van der Waals surface area contributed by atoms with E-state index in [1.807, 2.05) is 6.07 Å². The zero-order chi connectivity index (χ0) is 10.1. The highest BCUT2D eigenvalue weighted by Crippen LogP contribution is 2.46. The molecule has 0 radical (unpaired) electrons. The molecule has 2 rings (SSSR count). The molecule has 1 aliphatic heterocycles. The van der Waals surface area contributed by atoms with Crippen LogP contribution < -0.4 is 14.2 Å². The first-order valence-corrected chi connectivity index (χ1v) is 5.13. The lowest BCUT2D eigenvalue weighted by molar-refractivity contribution is 0.338. The minimum atomic E-state index is 0.688. The van der Waals surface area contributed by atoms with Crippen LogP contribution in [0, 0.1) is 0 Å². The van der Waals surface area contributed by atoms with Gasteiger partial charge in [-0.1, -0.05) is 0 Å². The fourth-order valence-electron chi connectivity index (χ4n) is 1.59. The third-order valence-corrected chi connectivity index (χ3v) is 2.98. The van der Waals surface area contributed by atoms with Gasteiger partial charge in [0.05, 0.1) is 20.8 Å². The molecule has 1 aliphatic rings. The molecule has 1 aromatic carbocycles. The SMILES string of the molecule is COc1cc2c(c(Br)c1OC)OCC2. The van der Waals surface area contributed by atoms with E-state index in [1.165, 1.54) is 0 Å². The van der Waals surface area contributed by atoms with Gasteiger partial charge >= 0.3 is 0 Å². The molecule has 0 bridgehead atoms. The average molecular weight is 259 g/mol. The standard InChI is InChI=1S/C10H11BrO3/c1-12-7-5-6-3-4-14-9(6)8(11)10(7)13-2/h5H,3-4H2,1-2H3. The number of fused-ring (bicyclic) bond motifs is 1. The largest absolute Gasteiger partial charge is 0.493 e. The van der Waals surface area contributed by atoms with Crippen LogP contribution >= 0.6 is 15.9 Å². The molecule has 0 N–H and O–H groups in total.